The summed E-state index contributed by atoms with van der Waals surface area (Å²) >= 11 is 3.31. The standard InChI is InChI=1S/C26H25OP.C6H5Br.BrH/c1-27-23-19-17-22(18-20-23)21-28(24-11-5-2-6-12-24,25-13-7-3-8-14-25)26-15-9-4-10-16-26;7-6-4-2-1-3-5-6;/h2-20,28H,21H2,1H3;1-5H;1H. The second-order valence-electron chi connectivity index (χ2n) is 8.32. The van der Waals surface area contributed by atoms with E-state index in [-0.39, 0.29) is 17.0 Å². The first-order valence-electron chi connectivity index (χ1n) is 11.7. The monoisotopic (exact) mass is 620 g/mol. The molecule has 0 amide bonds. The van der Waals surface area contributed by atoms with E-state index < -0.39 is 7.26 Å². The summed E-state index contributed by atoms with van der Waals surface area (Å²) in [6.45, 7) is 0. The van der Waals surface area contributed by atoms with E-state index in [4.69, 9.17) is 4.74 Å². The zero-order valence-electron chi connectivity index (χ0n) is 20.3. The Morgan fingerprint density at radius 2 is 0.889 bits per heavy atom. The minimum atomic E-state index is -2.23. The first-order chi connectivity index (χ1) is 17.2. The molecule has 0 aliphatic rings. The van der Waals surface area contributed by atoms with E-state index in [2.05, 4.69) is 131 Å². The molecule has 0 fully saturated rings. The molecular formula is C32H31Br2OP. The predicted octanol–water partition coefficient (Wildman–Crippen LogP) is 7.95. The van der Waals surface area contributed by atoms with Crippen LogP contribution in [0.1, 0.15) is 5.56 Å². The molecule has 0 radical (unpaired) electrons. The SMILES string of the molecule is Br.Brc1ccccc1.COc1ccc(C[PH](c2ccccc2)(c2ccccc2)c2ccccc2)cc1. The van der Waals surface area contributed by atoms with Gasteiger partial charge in [-0.15, -0.1) is 17.0 Å². The Labute approximate surface area is 234 Å². The summed E-state index contributed by atoms with van der Waals surface area (Å²) in [5.74, 6) is 0.898. The van der Waals surface area contributed by atoms with Gasteiger partial charge in [-0.1, -0.05) is 34.1 Å². The van der Waals surface area contributed by atoms with Gasteiger partial charge in [-0.3, -0.25) is 0 Å². The zero-order chi connectivity index (χ0) is 24.3. The van der Waals surface area contributed by atoms with E-state index in [1.54, 1.807) is 7.11 Å². The van der Waals surface area contributed by atoms with Crippen LogP contribution in [0.4, 0.5) is 0 Å². The number of hydrogen-bond donors (Lipinski definition) is 0. The average molecular weight is 622 g/mol. The molecule has 0 bridgehead atoms. The fourth-order valence-corrected chi connectivity index (χ4v) is 9.49. The first-order valence-corrected chi connectivity index (χ1v) is 14.7. The quantitative estimate of drug-likeness (QED) is 0.175. The number of benzene rings is 5. The van der Waals surface area contributed by atoms with Crippen LogP contribution in [0.3, 0.4) is 0 Å². The van der Waals surface area contributed by atoms with Gasteiger partial charge in [0.05, 0.1) is 0 Å². The van der Waals surface area contributed by atoms with Gasteiger partial charge in [-0.05, 0) is 12.1 Å². The number of ether oxygens (including phenoxy) is 1. The van der Waals surface area contributed by atoms with Gasteiger partial charge in [0, 0.05) is 4.47 Å². The molecule has 0 N–H and O–H groups in total. The Morgan fingerprint density at radius 1 is 0.528 bits per heavy atom. The van der Waals surface area contributed by atoms with Gasteiger partial charge in [0.25, 0.3) is 0 Å². The van der Waals surface area contributed by atoms with Gasteiger partial charge in [-0.2, -0.15) is 0 Å². The Morgan fingerprint density at radius 3 is 1.19 bits per heavy atom. The molecule has 0 atom stereocenters. The fraction of sp³-hybridized carbons (Fsp3) is 0.0625. The van der Waals surface area contributed by atoms with Crippen LogP contribution in [-0.4, -0.2) is 7.11 Å². The van der Waals surface area contributed by atoms with Crippen LogP contribution in [0.15, 0.2) is 150 Å². The van der Waals surface area contributed by atoms with E-state index in [9.17, 15) is 0 Å². The van der Waals surface area contributed by atoms with Crippen molar-refractivity contribution in [3.05, 3.63) is 156 Å². The second kappa shape index (κ2) is 14.1. The van der Waals surface area contributed by atoms with Crippen LogP contribution >= 0.6 is 40.2 Å². The third-order valence-corrected chi connectivity index (χ3v) is 11.6. The maximum atomic E-state index is 5.36. The summed E-state index contributed by atoms with van der Waals surface area (Å²) in [6.07, 6.45) is 1.01. The number of halogens is 2. The van der Waals surface area contributed by atoms with Crippen molar-refractivity contribution in [3.63, 3.8) is 0 Å². The molecule has 0 saturated carbocycles. The van der Waals surface area contributed by atoms with Crippen molar-refractivity contribution in [2.75, 3.05) is 7.11 Å². The maximum absolute atomic E-state index is 5.36. The summed E-state index contributed by atoms with van der Waals surface area (Å²) < 4.78 is 6.50. The molecule has 0 spiro atoms. The zero-order valence-corrected chi connectivity index (χ0v) is 24.6. The number of hydrogen-bond acceptors (Lipinski definition) is 1. The van der Waals surface area contributed by atoms with Crippen LogP contribution in [-0.2, 0) is 6.16 Å². The molecule has 0 heterocycles. The Bertz CT molecular complexity index is 1180. The van der Waals surface area contributed by atoms with Gasteiger partial charge in [0.1, 0.15) is 0 Å². The summed E-state index contributed by atoms with van der Waals surface area (Å²) in [5.41, 5.74) is 1.34. The summed E-state index contributed by atoms with van der Waals surface area (Å²) in [6, 6.07) is 51.6. The molecule has 0 aliphatic heterocycles. The van der Waals surface area contributed by atoms with Gasteiger partial charge in [0.15, 0.2) is 0 Å². The molecule has 5 aromatic carbocycles. The van der Waals surface area contributed by atoms with Crippen LogP contribution in [0.5, 0.6) is 5.75 Å². The van der Waals surface area contributed by atoms with E-state index >= 15 is 0 Å². The molecule has 36 heavy (non-hydrogen) atoms. The van der Waals surface area contributed by atoms with E-state index in [1.165, 1.54) is 21.5 Å². The van der Waals surface area contributed by atoms with Crippen LogP contribution < -0.4 is 20.7 Å². The topological polar surface area (TPSA) is 9.23 Å². The average Bonchev–Trinajstić information content (AvgIpc) is 2.94. The van der Waals surface area contributed by atoms with E-state index in [1.807, 2.05) is 30.3 Å². The Kier molecular flexibility index (Phi) is 10.9. The van der Waals surface area contributed by atoms with Crippen LogP contribution in [0.25, 0.3) is 0 Å². The molecule has 5 rings (SSSR count). The Balaban J connectivity index is 0.000000391. The molecule has 0 saturated heterocycles. The van der Waals surface area contributed by atoms with E-state index in [0.717, 1.165) is 16.4 Å². The summed E-state index contributed by atoms with van der Waals surface area (Å²) in [4.78, 5) is 0. The molecule has 4 heteroatoms. The second-order valence-corrected chi connectivity index (χ2v) is 13.1. The minimum absolute atomic E-state index is 0. The van der Waals surface area contributed by atoms with Crippen molar-refractivity contribution >= 4 is 56.1 Å². The number of rotatable bonds is 6. The fourth-order valence-electron chi connectivity index (χ4n) is 4.44. The molecular weight excluding hydrogens is 591 g/mol. The van der Waals surface area contributed by atoms with Crippen molar-refractivity contribution in [1.82, 2.24) is 0 Å². The summed E-state index contributed by atoms with van der Waals surface area (Å²) in [7, 11) is -0.519. The Hall–Kier alpha value is -2.71. The van der Waals surface area contributed by atoms with Crippen LogP contribution in [0.2, 0.25) is 0 Å². The first kappa shape index (κ1) is 27.9. The third kappa shape index (κ3) is 6.95. The van der Waals surface area contributed by atoms with Gasteiger partial charge in [-0.25, -0.2) is 0 Å². The van der Waals surface area contributed by atoms with Gasteiger partial charge >= 0.3 is 168 Å². The number of methoxy groups -OCH3 is 1. The molecule has 1 nitrogen and oxygen atoms in total. The van der Waals surface area contributed by atoms with Crippen molar-refractivity contribution in [3.8, 4) is 5.75 Å². The summed E-state index contributed by atoms with van der Waals surface area (Å²) in [5, 5.41) is 4.30. The van der Waals surface area contributed by atoms with Crippen molar-refractivity contribution in [1.29, 1.82) is 0 Å². The molecule has 5 aromatic rings. The molecule has 184 valence electrons. The predicted molar refractivity (Wildman–Crippen MR) is 168 cm³/mol. The molecule has 0 aliphatic carbocycles. The van der Waals surface area contributed by atoms with Crippen molar-refractivity contribution in [2.45, 2.75) is 6.16 Å². The van der Waals surface area contributed by atoms with Gasteiger partial charge in [0.2, 0.25) is 0 Å². The van der Waals surface area contributed by atoms with Crippen molar-refractivity contribution < 1.29 is 4.74 Å². The molecule has 0 unspecified atom stereocenters. The van der Waals surface area contributed by atoms with Crippen LogP contribution in [0, 0.1) is 0 Å². The van der Waals surface area contributed by atoms with E-state index in [0.29, 0.717) is 0 Å². The molecule has 0 aromatic heterocycles. The van der Waals surface area contributed by atoms with Crippen molar-refractivity contribution in [2.24, 2.45) is 0 Å². The normalized spacial score (nSPS) is 10.8. The van der Waals surface area contributed by atoms with Gasteiger partial charge < -0.3 is 0 Å². The third-order valence-electron chi connectivity index (χ3n) is 6.16.